The van der Waals surface area contributed by atoms with Crippen molar-refractivity contribution in [2.45, 2.75) is 19.3 Å². The largest absolute Gasteiger partial charge is 0.468 e. The molecule has 20 heavy (non-hydrogen) atoms. The summed E-state index contributed by atoms with van der Waals surface area (Å²) < 4.78 is 6.17. The van der Waals surface area contributed by atoms with E-state index >= 15 is 0 Å². The highest BCUT2D eigenvalue weighted by atomic mass is 35.5. The lowest BCUT2D eigenvalue weighted by molar-refractivity contribution is -0.141. The first-order valence-corrected chi connectivity index (χ1v) is 6.45. The van der Waals surface area contributed by atoms with Crippen molar-refractivity contribution < 1.29 is 19.4 Å². The molecule has 0 aliphatic carbocycles. The van der Waals surface area contributed by atoms with Crippen molar-refractivity contribution in [3.63, 3.8) is 0 Å². The van der Waals surface area contributed by atoms with Gasteiger partial charge in [0.15, 0.2) is 6.23 Å². The Kier molecular flexibility index (Phi) is 4.37. The van der Waals surface area contributed by atoms with Crippen molar-refractivity contribution in [3.05, 3.63) is 34.1 Å². The zero-order valence-electron chi connectivity index (χ0n) is 10.5. The number of amides is 1. The van der Waals surface area contributed by atoms with E-state index in [0.29, 0.717) is 0 Å². The Bertz CT molecular complexity index is 582. The van der Waals surface area contributed by atoms with Gasteiger partial charge in [0.2, 0.25) is 0 Å². The number of methoxy groups -OCH3 is 1. The fraction of sp³-hybridized carbons (Fsp3) is 0.333. The van der Waals surface area contributed by atoms with E-state index in [0.717, 1.165) is 10.5 Å². The van der Waals surface area contributed by atoms with Gasteiger partial charge >= 0.3 is 5.97 Å². The minimum atomic E-state index is -1.24. The van der Waals surface area contributed by atoms with Gasteiger partial charge in [0.25, 0.3) is 5.91 Å². The minimum Gasteiger partial charge on any atom is -0.468 e. The zero-order valence-corrected chi connectivity index (χ0v) is 12.1. The third kappa shape index (κ3) is 2.82. The summed E-state index contributed by atoms with van der Waals surface area (Å²) in [5, 5.41) is 9.55. The van der Waals surface area contributed by atoms with Crippen molar-refractivity contribution in [1.82, 2.24) is 9.47 Å². The number of esters is 1. The monoisotopic (exact) mass is 318 g/mol. The SMILES string of the molecule is COC(=O)Cn1ccc(CN2C(=O)C(Cl)=C(Cl)C2O)c1. The van der Waals surface area contributed by atoms with Gasteiger partial charge < -0.3 is 19.3 Å². The first-order chi connectivity index (χ1) is 9.43. The molecule has 2 rings (SSSR count). The van der Waals surface area contributed by atoms with Crippen molar-refractivity contribution >= 4 is 35.1 Å². The van der Waals surface area contributed by atoms with Gasteiger partial charge in [-0.2, -0.15) is 0 Å². The van der Waals surface area contributed by atoms with Crippen molar-refractivity contribution in [2.24, 2.45) is 0 Å². The molecule has 0 aromatic carbocycles. The molecular weight excluding hydrogens is 307 g/mol. The lowest BCUT2D eigenvalue weighted by Crippen LogP contribution is -2.34. The summed E-state index contributed by atoms with van der Waals surface area (Å²) in [6, 6.07) is 1.73. The molecule has 0 fully saturated rings. The van der Waals surface area contributed by atoms with Crippen LogP contribution in [0.2, 0.25) is 0 Å². The Morgan fingerprint density at radius 3 is 2.75 bits per heavy atom. The fourth-order valence-electron chi connectivity index (χ4n) is 1.84. The van der Waals surface area contributed by atoms with Crippen LogP contribution in [0, 0.1) is 0 Å². The molecule has 1 N–H and O–H groups in total. The van der Waals surface area contributed by atoms with Crippen LogP contribution in [0.15, 0.2) is 28.5 Å². The van der Waals surface area contributed by atoms with Crippen LogP contribution in [-0.2, 0) is 27.4 Å². The molecule has 1 atom stereocenters. The molecule has 1 aromatic rings. The van der Waals surface area contributed by atoms with Crippen LogP contribution in [-0.4, -0.2) is 39.8 Å². The van der Waals surface area contributed by atoms with E-state index in [1.807, 2.05) is 0 Å². The number of rotatable bonds is 4. The maximum absolute atomic E-state index is 11.8. The number of aliphatic hydroxyl groups is 1. The first-order valence-electron chi connectivity index (χ1n) is 5.69. The lowest BCUT2D eigenvalue weighted by Gasteiger charge is -2.20. The third-order valence-electron chi connectivity index (χ3n) is 2.88. The maximum atomic E-state index is 11.8. The Morgan fingerprint density at radius 2 is 2.20 bits per heavy atom. The quantitative estimate of drug-likeness (QED) is 0.841. The number of nitrogens with zero attached hydrogens (tertiary/aromatic N) is 2. The smallest absolute Gasteiger partial charge is 0.325 e. The van der Waals surface area contributed by atoms with E-state index in [1.54, 1.807) is 23.0 Å². The van der Waals surface area contributed by atoms with E-state index in [2.05, 4.69) is 4.74 Å². The lowest BCUT2D eigenvalue weighted by atomic mass is 10.3. The van der Waals surface area contributed by atoms with E-state index in [1.165, 1.54) is 7.11 Å². The van der Waals surface area contributed by atoms with Crippen molar-refractivity contribution in [3.8, 4) is 0 Å². The highest BCUT2D eigenvalue weighted by molar-refractivity contribution is 6.49. The molecule has 0 saturated heterocycles. The average molecular weight is 319 g/mol. The van der Waals surface area contributed by atoms with Crippen LogP contribution in [0.5, 0.6) is 0 Å². The molecule has 108 valence electrons. The molecule has 0 radical (unpaired) electrons. The van der Waals surface area contributed by atoms with Crippen LogP contribution in [0.25, 0.3) is 0 Å². The molecule has 1 amide bonds. The molecular formula is C12H12Cl2N2O4. The summed E-state index contributed by atoms with van der Waals surface area (Å²) in [7, 11) is 1.31. The molecule has 0 bridgehead atoms. The molecule has 0 saturated carbocycles. The fourth-order valence-corrected chi connectivity index (χ4v) is 2.25. The first kappa shape index (κ1) is 14.9. The number of halogens is 2. The number of aliphatic hydroxyl groups excluding tert-OH is 1. The van der Waals surface area contributed by atoms with E-state index < -0.39 is 12.1 Å². The number of hydrogen-bond donors (Lipinski definition) is 1. The number of carbonyl (C=O) groups excluding carboxylic acids is 2. The second-order valence-electron chi connectivity index (χ2n) is 4.24. The van der Waals surface area contributed by atoms with Crippen LogP contribution in [0.4, 0.5) is 0 Å². The molecule has 1 aromatic heterocycles. The predicted molar refractivity (Wildman–Crippen MR) is 71.7 cm³/mol. The molecule has 0 spiro atoms. The standard InChI is InChI=1S/C12H12Cl2N2O4/c1-20-8(17)6-15-3-2-7(4-15)5-16-11(18)9(13)10(14)12(16)19/h2-4,11,18H,5-6H2,1H3. The molecule has 8 heteroatoms. The van der Waals surface area contributed by atoms with Crippen LogP contribution in [0.3, 0.4) is 0 Å². The topological polar surface area (TPSA) is 71.8 Å². The summed E-state index contributed by atoms with van der Waals surface area (Å²) in [4.78, 5) is 24.0. The Labute approximate surface area is 125 Å². The summed E-state index contributed by atoms with van der Waals surface area (Å²) in [5.41, 5.74) is 0.733. The zero-order chi connectivity index (χ0) is 14.9. The third-order valence-corrected chi connectivity index (χ3v) is 3.73. The normalized spacial score (nSPS) is 18.9. The van der Waals surface area contributed by atoms with Crippen molar-refractivity contribution in [1.29, 1.82) is 0 Å². The van der Waals surface area contributed by atoms with Crippen LogP contribution >= 0.6 is 23.2 Å². The highest BCUT2D eigenvalue weighted by Crippen LogP contribution is 2.31. The van der Waals surface area contributed by atoms with Gasteiger partial charge in [0.05, 0.1) is 18.7 Å². The summed E-state index contributed by atoms with van der Waals surface area (Å²) in [6.45, 7) is 0.216. The van der Waals surface area contributed by atoms with Gasteiger partial charge in [-0.05, 0) is 11.6 Å². The Balaban J connectivity index is 2.05. The maximum Gasteiger partial charge on any atom is 0.325 e. The Morgan fingerprint density at radius 1 is 1.50 bits per heavy atom. The second-order valence-corrected chi connectivity index (χ2v) is 5.02. The predicted octanol–water partition coefficient (Wildman–Crippen LogP) is 1.01. The summed E-state index contributed by atoms with van der Waals surface area (Å²) in [5.74, 6) is -0.901. The Hall–Kier alpha value is -1.50. The molecule has 6 nitrogen and oxygen atoms in total. The molecule has 2 heterocycles. The van der Waals surface area contributed by atoms with Gasteiger partial charge in [0.1, 0.15) is 11.6 Å². The highest BCUT2D eigenvalue weighted by Gasteiger charge is 2.36. The minimum absolute atomic E-state index is 0.0762. The molecule has 1 aliphatic rings. The van der Waals surface area contributed by atoms with Gasteiger partial charge in [-0.25, -0.2) is 0 Å². The van der Waals surface area contributed by atoms with Crippen LogP contribution < -0.4 is 0 Å². The number of ether oxygens (including phenoxy) is 1. The van der Waals surface area contributed by atoms with Gasteiger partial charge in [-0.1, -0.05) is 23.2 Å². The summed E-state index contributed by atoms with van der Waals surface area (Å²) in [6.07, 6.45) is 2.12. The summed E-state index contributed by atoms with van der Waals surface area (Å²) >= 11 is 11.4. The van der Waals surface area contributed by atoms with Gasteiger partial charge in [0, 0.05) is 12.4 Å². The van der Waals surface area contributed by atoms with E-state index in [4.69, 9.17) is 23.2 Å². The van der Waals surface area contributed by atoms with Gasteiger partial charge in [-0.15, -0.1) is 0 Å². The number of carbonyl (C=O) groups is 2. The average Bonchev–Trinajstić information content (AvgIpc) is 2.94. The van der Waals surface area contributed by atoms with E-state index in [9.17, 15) is 14.7 Å². The van der Waals surface area contributed by atoms with Crippen molar-refractivity contribution in [2.75, 3.05) is 7.11 Å². The number of aromatic nitrogens is 1. The van der Waals surface area contributed by atoms with Crippen LogP contribution in [0.1, 0.15) is 5.56 Å². The second kappa shape index (κ2) is 5.87. The van der Waals surface area contributed by atoms with E-state index in [-0.39, 0.29) is 29.1 Å². The molecule has 1 aliphatic heterocycles. The number of hydrogen-bond acceptors (Lipinski definition) is 4. The van der Waals surface area contributed by atoms with Gasteiger partial charge in [-0.3, -0.25) is 9.59 Å². The molecule has 1 unspecified atom stereocenters.